The lowest BCUT2D eigenvalue weighted by molar-refractivity contribution is -0.384. The van der Waals surface area contributed by atoms with Gasteiger partial charge >= 0.3 is 5.69 Å². The second kappa shape index (κ2) is 5.98. The summed E-state index contributed by atoms with van der Waals surface area (Å²) in [6.45, 7) is 8.26. The van der Waals surface area contributed by atoms with Gasteiger partial charge in [0.15, 0.2) is 0 Å². The molecule has 1 fully saturated rings. The van der Waals surface area contributed by atoms with Gasteiger partial charge in [0.2, 0.25) is 5.82 Å². The zero-order chi connectivity index (χ0) is 15.7. The topological polar surface area (TPSA) is 93.7 Å². The molecular weight excluding hydrogens is 276 g/mol. The Labute approximate surface area is 123 Å². The van der Waals surface area contributed by atoms with Crippen molar-refractivity contribution in [1.82, 2.24) is 9.78 Å². The number of nitro groups is 1. The summed E-state index contributed by atoms with van der Waals surface area (Å²) in [6, 6.07) is 0.0122. The first kappa shape index (κ1) is 15.7. The van der Waals surface area contributed by atoms with Crippen LogP contribution in [0.2, 0.25) is 0 Å². The van der Waals surface area contributed by atoms with Gasteiger partial charge in [-0.2, -0.15) is 5.10 Å². The first-order valence-corrected chi connectivity index (χ1v) is 7.09. The molecule has 8 heteroatoms. The highest BCUT2D eigenvalue weighted by atomic mass is 16.6. The molecule has 2 heterocycles. The molecule has 0 saturated carbocycles. The molecule has 0 bridgehead atoms. The molecule has 0 spiro atoms. The minimum atomic E-state index is -0.384. The molecule has 1 aliphatic heterocycles. The van der Waals surface area contributed by atoms with E-state index >= 15 is 0 Å². The molecular formula is C13H22N4O4. The van der Waals surface area contributed by atoms with E-state index in [-0.39, 0.29) is 35.5 Å². The van der Waals surface area contributed by atoms with E-state index in [4.69, 9.17) is 4.74 Å². The van der Waals surface area contributed by atoms with E-state index in [9.17, 15) is 15.2 Å². The van der Waals surface area contributed by atoms with Crippen LogP contribution in [0.15, 0.2) is 0 Å². The number of aryl methyl sites for hydroxylation is 1. The summed E-state index contributed by atoms with van der Waals surface area (Å²) in [5.74, 6) is 0.501. The number of anilines is 1. The van der Waals surface area contributed by atoms with Crippen LogP contribution in [-0.4, -0.2) is 51.7 Å². The molecule has 0 aromatic carbocycles. The van der Waals surface area contributed by atoms with Crippen LogP contribution < -0.4 is 4.90 Å². The summed E-state index contributed by atoms with van der Waals surface area (Å²) < 4.78 is 7.28. The maximum absolute atomic E-state index is 11.4. The van der Waals surface area contributed by atoms with Crippen molar-refractivity contribution in [2.24, 2.45) is 0 Å². The maximum Gasteiger partial charge on any atom is 0.333 e. The van der Waals surface area contributed by atoms with Gasteiger partial charge < -0.3 is 14.7 Å². The number of ether oxygens (including phenoxy) is 1. The molecule has 0 amide bonds. The van der Waals surface area contributed by atoms with Crippen molar-refractivity contribution in [2.75, 3.05) is 24.6 Å². The van der Waals surface area contributed by atoms with Crippen molar-refractivity contribution in [3.8, 4) is 0 Å². The van der Waals surface area contributed by atoms with Gasteiger partial charge in [0.05, 0.1) is 23.7 Å². The number of aromatic nitrogens is 2. The number of nitrogens with zero attached hydrogens (tertiary/aromatic N) is 4. The van der Waals surface area contributed by atoms with Crippen molar-refractivity contribution >= 4 is 11.5 Å². The minimum absolute atomic E-state index is 0.0122. The highest BCUT2D eigenvalue weighted by Gasteiger charge is 2.35. The predicted molar refractivity (Wildman–Crippen MR) is 77.6 cm³/mol. The van der Waals surface area contributed by atoms with Gasteiger partial charge in [-0.3, -0.25) is 10.1 Å². The summed E-state index contributed by atoms with van der Waals surface area (Å²) in [4.78, 5) is 12.9. The fourth-order valence-electron chi connectivity index (χ4n) is 2.71. The molecule has 118 valence electrons. The Morgan fingerprint density at radius 3 is 2.71 bits per heavy atom. The Hall–Kier alpha value is -1.67. The Balaban J connectivity index is 2.47. The maximum atomic E-state index is 11.4. The van der Waals surface area contributed by atoms with E-state index in [1.807, 2.05) is 25.7 Å². The van der Waals surface area contributed by atoms with Crippen molar-refractivity contribution in [2.45, 2.75) is 45.9 Å². The van der Waals surface area contributed by atoms with E-state index in [0.29, 0.717) is 24.6 Å². The monoisotopic (exact) mass is 298 g/mol. The number of aliphatic hydroxyl groups is 1. The van der Waals surface area contributed by atoms with Gasteiger partial charge in [0, 0.05) is 19.1 Å². The summed E-state index contributed by atoms with van der Waals surface area (Å²) in [6.07, 6.45) is -0.449. The summed E-state index contributed by atoms with van der Waals surface area (Å²) in [7, 11) is 0. The van der Waals surface area contributed by atoms with Crippen LogP contribution in [0.4, 0.5) is 11.5 Å². The molecule has 2 atom stereocenters. The Morgan fingerprint density at radius 1 is 1.52 bits per heavy atom. The van der Waals surface area contributed by atoms with Gasteiger partial charge in [0.25, 0.3) is 0 Å². The molecule has 1 aliphatic rings. The third-order valence-electron chi connectivity index (χ3n) is 3.53. The fourth-order valence-corrected chi connectivity index (χ4v) is 2.71. The summed E-state index contributed by atoms with van der Waals surface area (Å²) in [5.41, 5.74) is 0.442. The van der Waals surface area contributed by atoms with Crippen LogP contribution in [0, 0.1) is 17.0 Å². The zero-order valence-corrected chi connectivity index (χ0v) is 12.8. The van der Waals surface area contributed by atoms with Crippen LogP contribution in [0.5, 0.6) is 0 Å². The Kier molecular flexibility index (Phi) is 4.48. The van der Waals surface area contributed by atoms with E-state index in [1.54, 1.807) is 11.6 Å². The molecule has 0 aliphatic carbocycles. The SMILES string of the molecule is Cc1nn(C(C)C)c(N2CC(C)OC(CO)C2)c1[N+](=O)[O-]. The van der Waals surface area contributed by atoms with Gasteiger partial charge in [-0.1, -0.05) is 0 Å². The zero-order valence-electron chi connectivity index (χ0n) is 12.8. The van der Waals surface area contributed by atoms with Crippen LogP contribution >= 0.6 is 0 Å². The molecule has 1 aromatic rings. The van der Waals surface area contributed by atoms with Crippen LogP contribution in [0.25, 0.3) is 0 Å². The fraction of sp³-hybridized carbons (Fsp3) is 0.769. The standard InChI is InChI=1S/C13H22N4O4/c1-8(2)16-13(12(17(19)20)10(4)14-16)15-5-9(3)21-11(6-15)7-18/h8-9,11,18H,5-7H2,1-4H3. The predicted octanol–water partition coefficient (Wildman–Crippen LogP) is 1.27. The number of hydrogen-bond donors (Lipinski definition) is 1. The first-order chi connectivity index (χ1) is 9.85. The highest BCUT2D eigenvalue weighted by Crippen LogP contribution is 2.35. The van der Waals surface area contributed by atoms with Gasteiger partial charge in [-0.25, -0.2) is 4.68 Å². The summed E-state index contributed by atoms with van der Waals surface area (Å²) >= 11 is 0. The Bertz CT molecular complexity index is 528. The smallest absolute Gasteiger partial charge is 0.333 e. The number of hydrogen-bond acceptors (Lipinski definition) is 6. The largest absolute Gasteiger partial charge is 0.394 e. The van der Waals surface area contributed by atoms with Crippen molar-refractivity contribution in [3.05, 3.63) is 15.8 Å². The van der Waals surface area contributed by atoms with E-state index in [0.717, 1.165) is 0 Å². The normalized spacial score (nSPS) is 22.9. The van der Waals surface area contributed by atoms with Crippen LogP contribution in [0.1, 0.15) is 32.5 Å². The number of rotatable bonds is 4. The minimum Gasteiger partial charge on any atom is -0.394 e. The van der Waals surface area contributed by atoms with Crippen LogP contribution in [0.3, 0.4) is 0 Å². The van der Waals surface area contributed by atoms with Crippen molar-refractivity contribution < 1.29 is 14.8 Å². The lowest BCUT2D eigenvalue weighted by atomic mass is 10.2. The summed E-state index contributed by atoms with van der Waals surface area (Å²) in [5, 5.41) is 25.0. The molecule has 2 rings (SSSR count). The quantitative estimate of drug-likeness (QED) is 0.664. The van der Waals surface area contributed by atoms with Gasteiger partial charge in [-0.05, 0) is 27.7 Å². The van der Waals surface area contributed by atoms with E-state index in [2.05, 4.69) is 5.10 Å². The molecule has 1 saturated heterocycles. The Morgan fingerprint density at radius 2 is 2.19 bits per heavy atom. The van der Waals surface area contributed by atoms with Crippen molar-refractivity contribution in [1.29, 1.82) is 0 Å². The third kappa shape index (κ3) is 3.01. The molecule has 1 N–H and O–H groups in total. The van der Waals surface area contributed by atoms with E-state index < -0.39 is 0 Å². The highest BCUT2D eigenvalue weighted by molar-refractivity contribution is 5.62. The molecule has 21 heavy (non-hydrogen) atoms. The second-order valence-corrected chi connectivity index (χ2v) is 5.71. The van der Waals surface area contributed by atoms with Gasteiger partial charge in [0.1, 0.15) is 5.69 Å². The molecule has 0 radical (unpaired) electrons. The third-order valence-corrected chi connectivity index (χ3v) is 3.53. The molecule has 2 unspecified atom stereocenters. The van der Waals surface area contributed by atoms with E-state index in [1.165, 1.54) is 0 Å². The average molecular weight is 298 g/mol. The molecule has 8 nitrogen and oxygen atoms in total. The lowest BCUT2D eigenvalue weighted by Gasteiger charge is -2.37. The van der Waals surface area contributed by atoms with Crippen molar-refractivity contribution in [3.63, 3.8) is 0 Å². The van der Waals surface area contributed by atoms with Crippen LogP contribution in [-0.2, 0) is 4.74 Å². The molecule has 1 aromatic heterocycles. The second-order valence-electron chi connectivity index (χ2n) is 5.71. The lowest BCUT2D eigenvalue weighted by Crippen LogP contribution is -2.49. The first-order valence-electron chi connectivity index (χ1n) is 7.09. The van der Waals surface area contributed by atoms with Gasteiger partial charge in [-0.15, -0.1) is 0 Å². The number of morpholine rings is 1. The number of aliphatic hydroxyl groups excluding tert-OH is 1. The average Bonchev–Trinajstić information content (AvgIpc) is 2.75.